The first kappa shape index (κ1) is 20.6. The lowest BCUT2D eigenvalue weighted by Gasteiger charge is -2.19. The fourth-order valence-corrected chi connectivity index (χ4v) is 2.82. The highest BCUT2D eigenvalue weighted by molar-refractivity contribution is 5.75. The minimum absolute atomic E-state index is 0.0640. The van der Waals surface area contributed by atoms with E-state index in [-0.39, 0.29) is 5.91 Å². The quantitative estimate of drug-likeness (QED) is 0.630. The van der Waals surface area contributed by atoms with E-state index in [9.17, 15) is 4.79 Å². The van der Waals surface area contributed by atoms with Gasteiger partial charge < -0.3 is 19.1 Å². The maximum absolute atomic E-state index is 12.4. The molecule has 0 aliphatic rings. The van der Waals surface area contributed by atoms with Crippen LogP contribution in [0.1, 0.15) is 29.7 Å². The van der Waals surface area contributed by atoms with Crippen LogP contribution in [0.4, 0.5) is 0 Å². The highest BCUT2D eigenvalue weighted by Crippen LogP contribution is 2.24. The van der Waals surface area contributed by atoms with Crippen LogP contribution >= 0.6 is 0 Å². The van der Waals surface area contributed by atoms with Crippen molar-refractivity contribution < 1.29 is 19.0 Å². The van der Waals surface area contributed by atoms with Gasteiger partial charge in [0.1, 0.15) is 17.2 Å². The van der Waals surface area contributed by atoms with Crippen LogP contribution in [0, 0.1) is 13.8 Å². The fourth-order valence-electron chi connectivity index (χ4n) is 2.82. The van der Waals surface area contributed by atoms with Gasteiger partial charge in [0.05, 0.1) is 33.1 Å². The monoisotopic (exact) mass is 372 g/mol. The predicted molar refractivity (Wildman–Crippen MR) is 104 cm³/mol. The molecular weight excluding hydrogens is 344 g/mol. The average Bonchev–Trinajstić information content (AvgIpc) is 2.68. The molecule has 0 bridgehead atoms. The molecule has 0 unspecified atom stereocenters. The number of pyridine rings is 1. The number of carbonyl (C=O) groups is 1. The van der Waals surface area contributed by atoms with Crippen LogP contribution in [0.5, 0.6) is 17.2 Å². The van der Waals surface area contributed by atoms with Gasteiger partial charge in [-0.2, -0.15) is 0 Å². The van der Waals surface area contributed by atoms with Gasteiger partial charge in [0.2, 0.25) is 5.91 Å². The lowest BCUT2D eigenvalue weighted by Crippen LogP contribution is -2.27. The Morgan fingerprint density at radius 3 is 2.37 bits per heavy atom. The van der Waals surface area contributed by atoms with Crippen LogP contribution in [0.25, 0.3) is 0 Å². The van der Waals surface area contributed by atoms with Gasteiger partial charge in [-0.05, 0) is 44.5 Å². The molecule has 0 aliphatic carbocycles. The largest absolute Gasteiger partial charge is 0.497 e. The molecule has 0 spiro atoms. The molecule has 0 atom stereocenters. The van der Waals surface area contributed by atoms with Crippen molar-refractivity contribution in [3.05, 3.63) is 47.3 Å². The zero-order valence-electron chi connectivity index (χ0n) is 16.7. The molecule has 0 radical (unpaired) electrons. The maximum atomic E-state index is 12.4. The molecule has 27 heavy (non-hydrogen) atoms. The number of methoxy groups -OCH3 is 2. The number of carbonyl (C=O) groups excluding carboxylic acids is 1. The fraction of sp³-hybridized carbons (Fsp3) is 0.429. The summed E-state index contributed by atoms with van der Waals surface area (Å²) in [5, 5.41) is 0. The summed E-state index contributed by atoms with van der Waals surface area (Å²) < 4.78 is 16.2. The summed E-state index contributed by atoms with van der Waals surface area (Å²) in [6.07, 6.45) is 2.86. The van der Waals surface area contributed by atoms with Crippen molar-refractivity contribution in [2.24, 2.45) is 0 Å². The average molecular weight is 372 g/mol. The molecule has 0 saturated carbocycles. The first-order valence-electron chi connectivity index (χ1n) is 8.96. The van der Waals surface area contributed by atoms with Gasteiger partial charge in [-0.25, -0.2) is 0 Å². The van der Waals surface area contributed by atoms with Gasteiger partial charge >= 0.3 is 0 Å². The maximum Gasteiger partial charge on any atom is 0.222 e. The van der Waals surface area contributed by atoms with Crippen LogP contribution in [0.15, 0.2) is 30.5 Å². The SMILES string of the molecule is COc1ccc(OCCCC(=O)N(C)Cc2ncc(C)c(OC)c2C)cc1. The highest BCUT2D eigenvalue weighted by Gasteiger charge is 2.14. The molecule has 146 valence electrons. The third-order valence-electron chi connectivity index (χ3n) is 4.43. The van der Waals surface area contributed by atoms with Gasteiger partial charge in [0.25, 0.3) is 0 Å². The molecule has 2 aromatic rings. The van der Waals surface area contributed by atoms with E-state index in [1.807, 2.05) is 38.1 Å². The van der Waals surface area contributed by atoms with Crippen LogP contribution < -0.4 is 14.2 Å². The van der Waals surface area contributed by atoms with E-state index in [4.69, 9.17) is 14.2 Å². The number of amides is 1. The molecule has 6 nitrogen and oxygen atoms in total. The second-order valence-electron chi connectivity index (χ2n) is 6.42. The molecule has 2 rings (SSSR count). The number of aromatic nitrogens is 1. The van der Waals surface area contributed by atoms with E-state index in [1.165, 1.54) is 0 Å². The van der Waals surface area contributed by atoms with Crippen molar-refractivity contribution >= 4 is 5.91 Å². The lowest BCUT2D eigenvalue weighted by molar-refractivity contribution is -0.130. The Morgan fingerprint density at radius 1 is 1.07 bits per heavy atom. The van der Waals surface area contributed by atoms with Crippen LogP contribution in [-0.2, 0) is 11.3 Å². The molecule has 1 amide bonds. The topological polar surface area (TPSA) is 60.9 Å². The summed E-state index contributed by atoms with van der Waals surface area (Å²) in [6, 6.07) is 7.40. The van der Waals surface area contributed by atoms with E-state index in [2.05, 4.69) is 4.98 Å². The summed E-state index contributed by atoms with van der Waals surface area (Å²) in [7, 11) is 5.07. The minimum atomic E-state index is 0.0640. The number of hydrogen-bond acceptors (Lipinski definition) is 5. The van der Waals surface area contributed by atoms with E-state index < -0.39 is 0 Å². The van der Waals surface area contributed by atoms with Crippen molar-refractivity contribution in [2.45, 2.75) is 33.2 Å². The number of rotatable bonds is 9. The Morgan fingerprint density at radius 2 is 1.74 bits per heavy atom. The van der Waals surface area contributed by atoms with Crippen molar-refractivity contribution in [1.29, 1.82) is 0 Å². The smallest absolute Gasteiger partial charge is 0.222 e. The number of nitrogens with zero attached hydrogens (tertiary/aromatic N) is 2. The Labute approximate surface area is 161 Å². The Hall–Kier alpha value is -2.76. The van der Waals surface area contributed by atoms with Crippen molar-refractivity contribution in [1.82, 2.24) is 9.88 Å². The summed E-state index contributed by atoms with van der Waals surface area (Å²) in [6.45, 7) is 4.87. The van der Waals surface area contributed by atoms with Crippen LogP contribution in [0.3, 0.4) is 0 Å². The molecule has 6 heteroatoms. The summed E-state index contributed by atoms with van der Waals surface area (Å²) >= 11 is 0. The second kappa shape index (κ2) is 9.80. The van der Waals surface area contributed by atoms with E-state index >= 15 is 0 Å². The molecule has 0 saturated heterocycles. The normalized spacial score (nSPS) is 10.4. The third kappa shape index (κ3) is 5.61. The van der Waals surface area contributed by atoms with Crippen molar-refractivity contribution in [3.8, 4) is 17.2 Å². The van der Waals surface area contributed by atoms with Gasteiger partial charge in [-0.15, -0.1) is 0 Å². The molecule has 0 N–H and O–H groups in total. The van der Waals surface area contributed by atoms with Crippen molar-refractivity contribution in [3.63, 3.8) is 0 Å². The molecule has 0 aliphatic heterocycles. The number of aryl methyl sites for hydroxylation is 1. The van der Waals surface area contributed by atoms with Crippen molar-refractivity contribution in [2.75, 3.05) is 27.9 Å². The molecule has 1 aromatic heterocycles. The van der Waals surface area contributed by atoms with Gasteiger partial charge in [0.15, 0.2) is 0 Å². The van der Waals surface area contributed by atoms with Gasteiger partial charge in [-0.3, -0.25) is 9.78 Å². The van der Waals surface area contributed by atoms with E-state index in [0.717, 1.165) is 34.1 Å². The predicted octanol–water partition coefficient (Wildman–Crippen LogP) is 3.53. The van der Waals surface area contributed by atoms with E-state index in [0.29, 0.717) is 26.0 Å². The molecule has 0 fully saturated rings. The van der Waals surface area contributed by atoms with Crippen LogP contribution in [-0.4, -0.2) is 43.7 Å². The van der Waals surface area contributed by atoms with E-state index in [1.54, 1.807) is 32.4 Å². The highest BCUT2D eigenvalue weighted by atomic mass is 16.5. The standard InChI is InChI=1S/C21H28N2O4/c1-15-13-22-19(16(2)21(15)26-5)14-23(3)20(24)7-6-12-27-18-10-8-17(25-4)9-11-18/h8-11,13H,6-7,12,14H2,1-5H3. The zero-order chi connectivity index (χ0) is 19.8. The number of hydrogen-bond donors (Lipinski definition) is 0. The minimum Gasteiger partial charge on any atom is -0.497 e. The van der Waals surface area contributed by atoms with Gasteiger partial charge in [0, 0.05) is 30.8 Å². The number of benzene rings is 1. The summed E-state index contributed by atoms with van der Waals surface area (Å²) in [4.78, 5) is 18.5. The second-order valence-corrected chi connectivity index (χ2v) is 6.42. The van der Waals surface area contributed by atoms with Crippen LogP contribution in [0.2, 0.25) is 0 Å². The lowest BCUT2D eigenvalue weighted by atomic mass is 10.1. The Balaban J connectivity index is 1.80. The Kier molecular flexibility index (Phi) is 7.46. The molecular formula is C21H28N2O4. The number of ether oxygens (including phenoxy) is 3. The summed E-state index contributed by atoms with van der Waals surface area (Å²) in [5.74, 6) is 2.45. The third-order valence-corrected chi connectivity index (χ3v) is 4.43. The molecule has 1 heterocycles. The first-order chi connectivity index (χ1) is 13.0. The Bertz CT molecular complexity index is 760. The summed E-state index contributed by atoms with van der Waals surface area (Å²) in [5.41, 5.74) is 2.81. The van der Waals surface area contributed by atoms with Gasteiger partial charge in [-0.1, -0.05) is 0 Å². The molecule has 1 aromatic carbocycles. The zero-order valence-corrected chi connectivity index (χ0v) is 16.7. The first-order valence-corrected chi connectivity index (χ1v) is 8.96.